The second-order valence-corrected chi connectivity index (χ2v) is 9.57. The number of hydrogen-bond acceptors (Lipinski definition) is 4. The van der Waals surface area contributed by atoms with Crippen LogP contribution in [0.15, 0.2) is 77.6 Å². The maximum absolute atomic E-state index is 13.9. The van der Waals surface area contributed by atoms with Gasteiger partial charge in [0, 0.05) is 12.2 Å². The van der Waals surface area contributed by atoms with Crippen LogP contribution < -0.4 is 15.6 Å². The average molecular weight is 499 g/mol. The van der Waals surface area contributed by atoms with Gasteiger partial charge in [-0.2, -0.15) is 0 Å². The van der Waals surface area contributed by atoms with Gasteiger partial charge >= 0.3 is 6.03 Å². The third-order valence-corrected chi connectivity index (χ3v) is 6.31. The minimum absolute atomic E-state index is 0.199. The molecule has 0 saturated heterocycles. The highest BCUT2D eigenvalue weighted by Crippen LogP contribution is 2.30. The molecule has 0 saturated carbocycles. The van der Waals surface area contributed by atoms with Gasteiger partial charge in [-0.15, -0.1) is 0 Å². The number of benzene rings is 3. The summed E-state index contributed by atoms with van der Waals surface area (Å²) in [6.45, 7) is 8.64. The molecule has 7 nitrogen and oxygen atoms in total. The van der Waals surface area contributed by atoms with E-state index in [4.69, 9.17) is 9.72 Å². The Kier molecular flexibility index (Phi) is 7.92. The molecule has 0 bridgehead atoms. The number of carbonyl (C=O) groups is 1. The van der Waals surface area contributed by atoms with E-state index < -0.39 is 6.04 Å². The molecular formula is C30H34N4O3. The lowest BCUT2D eigenvalue weighted by molar-refractivity contribution is 0.171. The fraction of sp³-hybridized carbons (Fsp3) is 0.300. The number of nitrogens with zero attached hydrogens (tertiary/aromatic N) is 3. The lowest BCUT2D eigenvalue weighted by Gasteiger charge is -2.33. The Morgan fingerprint density at radius 3 is 2.38 bits per heavy atom. The number of aryl methyl sites for hydroxylation is 1. The summed E-state index contributed by atoms with van der Waals surface area (Å²) < 4.78 is 7.21. The van der Waals surface area contributed by atoms with E-state index >= 15 is 0 Å². The van der Waals surface area contributed by atoms with Gasteiger partial charge in [0.15, 0.2) is 0 Å². The maximum atomic E-state index is 13.9. The summed E-state index contributed by atoms with van der Waals surface area (Å²) in [6.07, 6.45) is 0.563. The number of aromatic nitrogens is 2. The maximum Gasteiger partial charge on any atom is 0.322 e. The molecule has 192 valence electrons. The third kappa shape index (κ3) is 5.50. The van der Waals surface area contributed by atoms with E-state index in [2.05, 4.69) is 19.2 Å². The van der Waals surface area contributed by atoms with Gasteiger partial charge in [0.1, 0.15) is 11.6 Å². The SMILES string of the molecule is CCC(c1nc2ccccc2c(=O)n1-c1ccccc1OC)N(CC(C)C)C(=O)Nc1ccc(C)cc1. The Balaban J connectivity index is 1.90. The van der Waals surface area contributed by atoms with E-state index in [9.17, 15) is 9.59 Å². The summed E-state index contributed by atoms with van der Waals surface area (Å²) in [5, 5.41) is 3.55. The topological polar surface area (TPSA) is 76.5 Å². The van der Waals surface area contributed by atoms with Crippen LogP contribution >= 0.6 is 0 Å². The summed E-state index contributed by atoms with van der Waals surface area (Å²) >= 11 is 0. The van der Waals surface area contributed by atoms with E-state index in [1.54, 1.807) is 22.6 Å². The number of amides is 2. The van der Waals surface area contributed by atoms with Gasteiger partial charge in [-0.05, 0) is 55.7 Å². The summed E-state index contributed by atoms with van der Waals surface area (Å²) in [5.74, 6) is 1.25. The van der Waals surface area contributed by atoms with Crippen molar-refractivity contribution in [2.75, 3.05) is 19.0 Å². The molecule has 2 amide bonds. The molecule has 1 heterocycles. The highest BCUT2D eigenvalue weighted by Gasteiger charge is 2.30. The zero-order valence-corrected chi connectivity index (χ0v) is 22.1. The minimum atomic E-state index is -0.463. The molecule has 0 aliphatic heterocycles. The number of carbonyl (C=O) groups excluding carboxylic acids is 1. The first-order chi connectivity index (χ1) is 17.8. The smallest absolute Gasteiger partial charge is 0.322 e. The third-order valence-electron chi connectivity index (χ3n) is 6.31. The lowest BCUT2D eigenvalue weighted by Crippen LogP contribution is -2.42. The van der Waals surface area contributed by atoms with Crippen molar-refractivity contribution in [2.24, 2.45) is 5.92 Å². The highest BCUT2D eigenvalue weighted by molar-refractivity contribution is 5.89. The Labute approximate surface area is 217 Å². The number of methoxy groups -OCH3 is 1. The van der Waals surface area contributed by atoms with Crippen molar-refractivity contribution in [2.45, 2.75) is 40.2 Å². The van der Waals surface area contributed by atoms with Crippen LogP contribution in [0.4, 0.5) is 10.5 Å². The van der Waals surface area contributed by atoms with Crippen molar-refractivity contribution >= 4 is 22.6 Å². The van der Waals surface area contributed by atoms with Gasteiger partial charge < -0.3 is 15.0 Å². The predicted molar refractivity (Wildman–Crippen MR) is 149 cm³/mol. The van der Waals surface area contributed by atoms with Crippen LogP contribution in [0.25, 0.3) is 16.6 Å². The van der Waals surface area contributed by atoms with Gasteiger partial charge in [-0.1, -0.05) is 62.7 Å². The number of ether oxygens (including phenoxy) is 1. The quantitative estimate of drug-likeness (QED) is 0.307. The molecule has 4 rings (SSSR count). The van der Waals surface area contributed by atoms with E-state index in [1.165, 1.54) is 0 Å². The first kappa shape index (κ1) is 25.9. The number of urea groups is 1. The van der Waals surface area contributed by atoms with Crippen LogP contribution in [0, 0.1) is 12.8 Å². The van der Waals surface area contributed by atoms with Crippen molar-refractivity contribution in [3.63, 3.8) is 0 Å². The minimum Gasteiger partial charge on any atom is -0.495 e. The first-order valence-corrected chi connectivity index (χ1v) is 12.6. The van der Waals surface area contributed by atoms with Crippen LogP contribution in [-0.2, 0) is 0 Å². The molecule has 0 spiro atoms. The highest BCUT2D eigenvalue weighted by atomic mass is 16.5. The van der Waals surface area contributed by atoms with Gasteiger partial charge in [0.05, 0.1) is 29.7 Å². The van der Waals surface area contributed by atoms with E-state index in [0.29, 0.717) is 46.8 Å². The van der Waals surface area contributed by atoms with E-state index in [0.717, 1.165) is 5.56 Å². The molecule has 0 fully saturated rings. The van der Waals surface area contributed by atoms with Crippen molar-refractivity contribution in [3.05, 3.63) is 94.5 Å². The van der Waals surface area contributed by atoms with Crippen LogP contribution in [-0.4, -0.2) is 34.1 Å². The van der Waals surface area contributed by atoms with Crippen LogP contribution in [0.2, 0.25) is 0 Å². The Bertz CT molecular complexity index is 1440. The summed E-state index contributed by atoms with van der Waals surface area (Å²) in [7, 11) is 1.58. The molecule has 4 aromatic rings. The van der Waals surface area contributed by atoms with Crippen molar-refractivity contribution in [1.29, 1.82) is 0 Å². The Hall–Kier alpha value is -4.13. The summed E-state index contributed by atoms with van der Waals surface area (Å²) in [5.41, 5.74) is 2.81. The first-order valence-electron chi connectivity index (χ1n) is 12.6. The van der Waals surface area contributed by atoms with Gasteiger partial charge in [0.25, 0.3) is 5.56 Å². The lowest BCUT2D eigenvalue weighted by atomic mass is 10.1. The summed E-state index contributed by atoms with van der Waals surface area (Å²) in [6, 6.07) is 21.7. The molecule has 1 aromatic heterocycles. The van der Waals surface area contributed by atoms with Crippen LogP contribution in [0.5, 0.6) is 5.75 Å². The van der Waals surface area contributed by atoms with Crippen molar-refractivity contribution in [3.8, 4) is 11.4 Å². The van der Waals surface area contributed by atoms with E-state index in [-0.39, 0.29) is 17.5 Å². The number of nitrogens with one attached hydrogen (secondary N) is 1. The Morgan fingerprint density at radius 1 is 1.03 bits per heavy atom. The molecule has 1 N–H and O–H groups in total. The monoisotopic (exact) mass is 498 g/mol. The number of anilines is 1. The molecule has 0 radical (unpaired) electrons. The molecule has 0 aliphatic rings. The fourth-order valence-electron chi connectivity index (χ4n) is 4.54. The molecule has 1 unspecified atom stereocenters. The second-order valence-electron chi connectivity index (χ2n) is 9.57. The van der Waals surface area contributed by atoms with Crippen molar-refractivity contribution in [1.82, 2.24) is 14.5 Å². The van der Waals surface area contributed by atoms with Crippen LogP contribution in [0.1, 0.15) is 44.6 Å². The normalized spacial score (nSPS) is 11.9. The number of para-hydroxylation sites is 3. The number of fused-ring (bicyclic) bond motifs is 1. The standard InChI is InChI=1S/C30H34N4O3/c1-6-25(33(19-20(2)3)30(36)31-22-17-15-21(4)16-18-22)28-32-24-12-8-7-11-23(24)29(35)34(28)26-13-9-10-14-27(26)37-5/h7-18,20,25H,6,19H2,1-5H3,(H,31,36). The zero-order chi connectivity index (χ0) is 26.5. The molecule has 7 heteroatoms. The Morgan fingerprint density at radius 2 is 1.70 bits per heavy atom. The molecule has 3 aromatic carbocycles. The molecular weight excluding hydrogens is 464 g/mol. The largest absolute Gasteiger partial charge is 0.495 e. The van der Waals surface area contributed by atoms with E-state index in [1.807, 2.05) is 80.6 Å². The number of rotatable bonds is 8. The van der Waals surface area contributed by atoms with Crippen LogP contribution in [0.3, 0.4) is 0 Å². The molecule has 1 atom stereocenters. The van der Waals surface area contributed by atoms with Crippen molar-refractivity contribution < 1.29 is 9.53 Å². The molecule has 0 aliphatic carbocycles. The molecule has 37 heavy (non-hydrogen) atoms. The predicted octanol–water partition coefficient (Wildman–Crippen LogP) is 6.34. The summed E-state index contributed by atoms with van der Waals surface area (Å²) in [4.78, 5) is 34.4. The van der Waals surface area contributed by atoms with Gasteiger partial charge in [0.2, 0.25) is 0 Å². The fourth-order valence-corrected chi connectivity index (χ4v) is 4.54. The number of hydrogen-bond donors (Lipinski definition) is 1. The van der Waals surface area contributed by atoms with Gasteiger partial charge in [-0.25, -0.2) is 9.78 Å². The second kappa shape index (κ2) is 11.3. The van der Waals surface area contributed by atoms with Gasteiger partial charge in [-0.3, -0.25) is 9.36 Å². The zero-order valence-electron chi connectivity index (χ0n) is 22.1. The average Bonchev–Trinajstić information content (AvgIpc) is 2.90.